The highest BCUT2D eigenvalue weighted by molar-refractivity contribution is 5.21. The zero-order valence-electron chi connectivity index (χ0n) is 27.3. The van der Waals surface area contributed by atoms with Crippen LogP contribution in [0, 0.1) is 52.3 Å². The van der Waals surface area contributed by atoms with Crippen LogP contribution in [0.25, 0.3) is 0 Å². The van der Waals surface area contributed by atoms with E-state index in [0.717, 1.165) is 38.5 Å². The first-order valence-corrected chi connectivity index (χ1v) is 17.3. The molecule has 5 rings (SSSR count). The maximum Gasteiger partial charge on any atom is 0.186 e. The van der Waals surface area contributed by atoms with E-state index in [4.69, 9.17) is 9.47 Å². The van der Waals surface area contributed by atoms with Gasteiger partial charge in [0.1, 0.15) is 18.3 Å². The molecule has 0 radical (unpaired) electrons. The molecule has 0 amide bonds. The summed E-state index contributed by atoms with van der Waals surface area (Å²) in [6.07, 6.45) is -1.37. The molecule has 0 aromatic rings. The van der Waals surface area contributed by atoms with Gasteiger partial charge in [-0.2, -0.15) is 0 Å². The second-order valence-electron chi connectivity index (χ2n) is 16.3. The van der Waals surface area contributed by atoms with Crippen molar-refractivity contribution in [2.75, 3.05) is 13.2 Å². The summed E-state index contributed by atoms with van der Waals surface area (Å²) in [5.74, 6) is -0.187. The van der Waals surface area contributed by atoms with Gasteiger partial charge >= 0.3 is 0 Å². The lowest BCUT2D eigenvalue weighted by Gasteiger charge is -2.65. The fourth-order valence-electron chi connectivity index (χ4n) is 11.3. The van der Waals surface area contributed by atoms with E-state index < -0.39 is 72.6 Å². The topological polar surface area (TPSA) is 180 Å². The lowest BCUT2D eigenvalue weighted by atomic mass is 9.42. The second kappa shape index (κ2) is 12.9. The van der Waals surface area contributed by atoms with Crippen LogP contribution in [0.1, 0.15) is 92.4 Å². The molecule has 0 aromatic carbocycles. The van der Waals surface area contributed by atoms with Gasteiger partial charge < -0.3 is 50.3 Å². The molecule has 1 heterocycles. The first-order valence-electron chi connectivity index (χ1n) is 17.3. The Bertz CT molecular complexity index is 982. The minimum atomic E-state index is -1.29. The van der Waals surface area contributed by atoms with Crippen LogP contribution in [0.5, 0.6) is 0 Å². The number of hydrogen-bond acceptors (Lipinski definition) is 10. The van der Waals surface area contributed by atoms with E-state index in [9.17, 15) is 40.9 Å². The zero-order chi connectivity index (χ0) is 32.4. The van der Waals surface area contributed by atoms with E-state index in [2.05, 4.69) is 34.6 Å². The van der Waals surface area contributed by atoms with Gasteiger partial charge in [-0.1, -0.05) is 41.0 Å². The molecule has 0 aromatic heterocycles. The average Bonchev–Trinajstić information content (AvgIpc) is 3.34. The molecule has 10 nitrogen and oxygen atoms in total. The molecule has 4 saturated carbocycles. The van der Waals surface area contributed by atoms with Gasteiger partial charge in [-0.25, -0.2) is 0 Å². The third-order valence-electron chi connectivity index (χ3n) is 13.6. The molecule has 5 fully saturated rings. The summed E-state index contributed by atoms with van der Waals surface area (Å²) in [7, 11) is 0. The van der Waals surface area contributed by atoms with Gasteiger partial charge in [0.25, 0.3) is 0 Å². The maximum absolute atomic E-state index is 12.5. The molecule has 3 unspecified atom stereocenters. The molecule has 5 aliphatic rings. The molecule has 0 spiro atoms. The molecule has 0 bridgehead atoms. The Kier molecular flexibility index (Phi) is 10.2. The van der Waals surface area contributed by atoms with Crippen LogP contribution in [-0.2, 0) is 9.47 Å². The second-order valence-corrected chi connectivity index (χ2v) is 16.3. The van der Waals surface area contributed by atoms with Crippen LogP contribution >= 0.6 is 0 Å². The predicted octanol–water partition coefficient (Wildman–Crippen LogP) is 1.57. The summed E-state index contributed by atoms with van der Waals surface area (Å²) >= 11 is 0. The monoisotopic (exact) mass is 628 g/mol. The molecular weight excluding hydrogens is 568 g/mol. The van der Waals surface area contributed by atoms with Crippen LogP contribution in [0.15, 0.2) is 0 Å². The van der Waals surface area contributed by atoms with E-state index in [1.807, 2.05) is 0 Å². The Morgan fingerprint density at radius 1 is 0.841 bits per heavy atom. The molecular formula is C34H60O10. The quantitative estimate of drug-likeness (QED) is 0.177. The van der Waals surface area contributed by atoms with Gasteiger partial charge in [0.15, 0.2) is 6.29 Å². The van der Waals surface area contributed by atoms with Crippen molar-refractivity contribution in [2.24, 2.45) is 52.3 Å². The van der Waals surface area contributed by atoms with Crippen LogP contribution in [-0.4, -0.2) is 109 Å². The number of hydrogen-bond donors (Lipinski definition) is 8. The normalized spacial score (nSPS) is 52.0. The van der Waals surface area contributed by atoms with E-state index in [-0.39, 0.29) is 35.5 Å². The van der Waals surface area contributed by atoms with Crippen molar-refractivity contribution in [1.82, 2.24) is 0 Å². The number of ether oxygens (including phenoxy) is 2. The molecule has 17 atom stereocenters. The molecule has 1 saturated heterocycles. The molecule has 10 heteroatoms. The van der Waals surface area contributed by atoms with Crippen molar-refractivity contribution < 1.29 is 50.3 Å². The highest BCUT2D eigenvalue weighted by atomic mass is 16.7. The lowest BCUT2D eigenvalue weighted by Crippen LogP contribution is -2.68. The SMILES string of the molecule is CC(C)[C@@H](CCO[C@H]1O[C@@H](CO)[C@H](O)[C@H]1O)CC[C@@H](C)[C@H]1[C@@H](O)[C@H](O)C2[C@]3(O)C[C@H](O)C4C[C@@H](O)CC[C@]4(C)C3CC[C@@]21C. The Labute approximate surface area is 262 Å². The van der Waals surface area contributed by atoms with Crippen LogP contribution in [0.2, 0.25) is 0 Å². The van der Waals surface area contributed by atoms with Gasteiger partial charge in [-0.05, 0) is 91.3 Å². The fraction of sp³-hybridized carbons (Fsp3) is 1.00. The van der Waals surface area contributed by atoms with Gasteiger partial charge in [-0.3, -0.25) is 0 Å². The molecule has 1 aliphatic heterocycles. The minimum absolute atomic E-state index is 0.0825. The van der Waals surface area contributed by atoms with E-state index in [1.54, 1.807) is 0 Å². The number of aliphatic hydroxyl groups excluding tert-OH is 7. The summed E-state index contributed by atoms with van der Waals surface area (Å²) in [6, 6.07) is 0. The largest absolute Gasteiger partial charge is 0.394 e. The third-order valence-corrected chi connectivity index (χ3v) is 13.6. The smallest absolute Gasteiger partial charge is 0.186 e. The van der Waals surface area contributed by atoms with Crippen molar-refractivity contribution in [3.63, 3.8) is 0 Å². The van der Waals surface area contributed by atoms with Crippen molar-refractivity contribution in [3.8, 4) is 0 Å². The lowest BCUT2D eigenvalue weighted by molar-refractivity contribution is -0.264. The van der Waals surface area contributed by atoms with Gasteiger partial charge in [0, 0.05) is 12.3 Å². The standard InChI is InChI=1S/C34H60O10/c1-17(2)19(10-13-43-31-29(41)26(38)23(16-35)44-31)7-6-18(3)25-27(39)28(40)30-33(25,5)12-9-24-32(4)11-8-20(36)14-21(32)22(37)15-34(24,30)42/h17-31,35-42H,6-16H2,1-5H3/t18-,19-,20+,21?,22+,23+,24?,25+,26+,27-,28+,29-,30?,31+,32+,33-,34+/m1/s1. The summed E-state index contributed by atoms with van der Waals surface area (Å²) in [6.45, 7) is 10.7. The summed E-state index contributed by atoms with van der Waals surface area (Å²) in [5, 5.41) is 87.0. The molecule has 4 aliphatic carbocycles. The predicted molar refractivity (Wildman–Crippen MR) is 162 cm³/mol. The summed E-state index contributed by atoms with van der Waals surface area (Å²) in [5.41, 5.74) is -2.11. The van der Waals surface area contributed by atoms with Gasteiger partial charge in [0.05, 0.1) is 43.2 Å². The fourth-order valence-corrected chi connectivity index (χ4v) is 11.3. The van der Waals surface area contributed by atoms with E-state index in [0.29, 0.717) is 31.3 Å². The Balaban J connectivity index is 1.25. The van der Waals surface area contributed by atoms with Gasteiger partial charge in [0.2, 0.25) is 0 Å². The number of fused-ring (bicyclic) bond motifs is 5. The molecule has 44 heavy (non-hydrogen) atoms. The first kappa shape index (κ1) is 34.9. The van der Waals surface area contributed by atoms with Crippen LogP contribution in [0.3, 0.4) is 0 Å². The highest BCUT2D eigenvalue weighted by Crippen LogP contribution is 2.69. The maximum atomic E-state index is 12.5. The Hall–Kier alpha value is -0.400. The average molecular weight is 629 g/mol. The van der Waals surface area contributed by atoms with Crippen LogP contribution in [0.4, 0.5) is 0 Å². The first-order chi connectivity index (χ1) is 20.6. The van der Waals surface area contributed by atoms with Gasteiger partial charge in [-0.15, -0.1) is 0 Å². The van der Waals surface area contributed by atoms with Crippen LogP contribution < -0.4 is 0 Å². The van der Waals surface area contributed by atoms with E-state index in [1.165, 1.54) is 0 Å². The summed E-state index contributed by atoms with van der Waals surface area (Å²) in [4.78, 5) is 0. The van der Waals surface area contributed by atoms with Crippen molar-refractivity contribution in [2.45, 2.75) is 147 Å². The van der Waals surface area contributed by atoms with E-state index >= 15 is 0 Å². The Morgan fingerprint density at radius 2 is 1.52 bits per heavy atom. The van der Waals surface area contributed by atoms with Crippen molar-refractivity contribution in [3.05, 3.63) is 0 Å². The molecule has 256 valence electrons. The number of aliphatic hydroxyl groups is 8. The summed E-state index contributed by atoms with van der Waals surface area (Å²) < 4.78 is 11.2. The van der Waals surface area contributed by atoms with Crippen molar-refractivity contribution >= 4 is 0 Å². The minimum Gasteiger partial charge on any atom is -0.394 e. The Morgan fingerprint density at radius 3 is 2.16 bits per heavy atom. The zero-order valence-corrected chi connectivity index (χ0v) is 27.3. The third kappa shape index (κ3) is 5.71. The number of rotatable bonds is 10. The highest BCUT2D eigenvalue weighted by Gasteiger charge is 2.72. The molecule has 8 N–H and O–H groups in total. The van der Waals surface area contributed by atoms with Crippen molar-refractivity contribution in [1.29, 1.82) is 0 Å².